The second-order valence-electron chi connectivity index (χ2n) is 8.07. The van der Waals surface area contributed by atoms with Crippen LogP contribution in [-0.4, -0.2) is 35.6 Å². The summed E-state index contributed by atoms with van der Waals surface area (Å²) in [6, 6.07) is 8.66. The molecular formula is C22H19F6N3O3. The summed E-state index contributed by atoms with van der Waals surface area (Å²) in [4.78, 5) is 22.9. The van der Waals surface area contributed by atoms with Gasteiger partial charge in [0.15, 0.2) is 0 Å². The molecule has 1 spiro atoms. The average molecular weight is 487 g/mol. The highest BCUT2D eigenvalue weighted by molar-refractivity contribution is 6.01. The number of hydrogen-bond donors (Lipinski definition) is 1. The molecule has 0 atom stereocenters. The van der Waals surface area contributed by atoms with Crippen molar-refractivity contribution in [3.63, 3.8) is 0 Å². The maximum atomic E-state index is 12.7. The Kier molecular flexibility index (Phi) is 6.19. The summed E-state index contributed by atoms with van der Waals surface area (Å²) < 4.78 is 76.1. The number of hydroxylamine groups is 2. The highest BCUT2D eigenvalue weighted by Crippen LogP contribution is 2.37. The van der Waals surface area contributed by atoms with E-state index in [1.807, 2.05) is 0 Å². The molecule has 4 rings (SSSR count). The minimum atomic E-state index is -4.47. The molecule has 6 nitrogen and oxygen atoms in total. The molecule has 0 radical (unpaired) electrons. The Morgan fingerprint density at radius 2 is 1.44 bits per heavy atom. The number of halogens is 6. The number of hydrogen-bond acceptors (Lipinski definition) is 5. The molecule has 2 aromatic rings. The highest BCUT2D eigenvalue weighted by atomic mass is 19.4. The third kappa shape index (κ3) is 5.44. The predicted molar refractivity (Wildman–Crippen MR) is 109 cm³/mol. The van der Waals surface area contributed by atoms with Crippen LogP contribution in [-0.2, 0) is 22.0 Å². The molecule has 2 aliphatic heterocycles. The van der Waals surface area contributed by atoms with E-state index in [0.717, 1.165) is 36.4 Å². The Balaban J connectivity index is 1.26. The Morgan fingerprint density at radius 3 is 1.97 bits per heavy atom. The van der Waals surface area contributed by atoms with Crippen LogP contribution in [0, 0.1) is 0 Å². The van der Waals surface area contributed by atoms with Gasteiger partial charge in [-0.2, -0.15) is 26.3 Å². The number of carbonyl (C=O) groups excluding carboxylic acids is 1. The van der Waals surface area contributed by atoms with E-state index >= 15 is 0 Å². The molecule has 0 aliphatic carbocycles. The molecule has 1 saturated heterocycles. The van der Waals surface area contributed by atoms with Crippen LogP contribution in [0.25, 0.3) is 0 Å². The minimum absolute atomic E-state index is 0.153. The molecule has 2 aromatic carbocycles. The quantitative estimate of drug-likeness (QED) is 0.552. The summed E-state index contributed by atoms with van der Waals surface area (Å²) >= 11 is 0. The average Bonchev–Trinajstić information content (AvgIpc) is 3.18. The van der Waals surface area contributed by atoms with Gasteiger partial charge in [-0.05, 0) is 42.0 Å². The Hall–Kier alpha value is -3.28. The summed E-state index contributed by atoms with van der Waals surface area (Å²) in [7, 11) is 0. The number of oxime groups is 1. The van der Waals surface area contributed by atoms with Crippen molar-refractivity contribution >= 4 is 17.5 Å². The van der Waals surface area contributed by atoms with Gasteiger partial charge in [-0.1, -0.05) is 17.3 Å². The molecule has 0 unspecified atom stereocenters. The summed E-state index contributed by atoms with van der Waals surface area (Å²) in [6.07, 6.45) is -8.42. The van der Waals surface area contributed by atoms with E-state index in [1.54, 1.807) is 0 Å². The largest absolute Gasteiger partial charge is 0.430 e. The summed E-state index contributed by atoms with van der Waals surface area (Å²) in [5.41, 5.74) is -0.975. The second-order valence-corrected chi connectivity index (χ2v) is 8.07. The van der Waals surface area contributed by atoms with Crippen LogP contribution in [0.1, 0.15) is 36.0 Å². The highest BCUT2D eigenvalue weighted by Gasteiger charge is 2.43. The topological polar surface area (TPSA) is 63.2 Å². The monoisotopic (exact) mass is 487 g/mol. The van der Waals surface area contributed by atoms with E-state index in [4.69, 9.17) is 9.68 Å². The normalized spacial score (nSPS) is 18.4. The van der Waals surface area contributed by atoms with Gasteiger partial charge in [-0.25, -0.2) is 4.79 Å². The van der Waals surface area contributed by atoms with E-state index in [-0.39, 0.29) is 5.69 Å². The van der Waals surface area contributed by atoms with Crippen LogP contribution < -0.4 is 5.32 Å². The molecular weight excluding hydrogens is 468 g/mol. The molecule has 1 amide bonds. The van der Waals surface area contributed by atoms with Crippen molar-refractivity contribution in [3.8, 4) is 0 Å². The lowest BCUT2D eigenvalue weighted by atomic mass is 9.86. The number of benzene rings is 2. The molecule has 34 heavy (non-hydrogen) atoms. The first-order chi connectivity index (χ1) is 15.9. The fourth-order valence-corrected chi connectivity index (χ4v) is 3.78. The fraction of sp³-hybridized carbons (Fsp3) is 0.364. The van der Waals surface area contributed by atoms with E-state index < -0.39 is 35.2 Å². The smallest absolute Gasteiger partial charge is 0.388 e. The maximum absolute atomic E-state index is 12.7. The molecule has 1 fully saturated rings. The Labute approximate surface area is 190 Å². The number of carbonyl (C=O) groups is 1. The number of amides is 1. The Morgan fingerprint density at radius 1 is 0.912 bits per heavy atom. The number of nitrogens with zero attached hydrogens (tertiary/aromatic N) is 2. The van der Waals surface area contributed by atoms with Gasteiger partial charge in [0.25, 0.3) is 0 Å². The zero-order valence-electron chi connectivity index (χ0n) is 17.5. The molecule has 182 valence electrons. The van der Waals surface area contributed by atoms with Gasteiger partial charge in [-0.3, -0.25) is 5.32 Å². The van der Waals surface area contributed by atoms with Crippen molar-refractivity contribution in [1.29, 1.82) is 0 Å². The van der Waals surface area contributed by atoms with Crippen molar-refractivity contribution < 1.29 is 40.8 Å². The summed E-state index contributed by atoms with van der Waals surface area (Å²) in [6.45, 7) is 0.631. The van der Waals surface area contributed by atoms with Crippen LogP contribution in [0.5, 0.6) is 0 Å². The molecule has 0 bridgehead atoms. The third-order valence-electron chi connectivity index (χ3n) is 5.69. The van der Waals surface area contributed by atoms with Crippen LogP contribution >= 0.6 is 0 Å². The van der Waals surface area contributed by atoms with Crippen molar-refractivity contribution in [2.24, 2.45) is 5.16 Å². The Bertz CT molecular complexity index is 1060. The third-order valence-corrected chi connectivity index (χ3v) is 5.69. The number of anilines is 1. The second kappa shape index (κ2) is 8.82. The van der Waals surface area contributed by atoms with E-state index in [9.17, 15) is 31.1 Å². The molecule has 0 aromatic heterocycles. The van der Waals surface area contributed by atoms with Gasteiger partial charge in [-0.15, -0.1) is 5.06 Å². The molecule has 1 N–H and O–H groups in total. The summed E-state index contributed by atoms with van der Waals surface area (Å²) in [5.74, 6) is 0. The van der Waals surface area contributed by atoms with Crippen LogP contribution in [0.3, 0.4) is 0 Å². The van der Waals surface area contributed by atoms with Crippen LogP contribution in [0.4, 0.5) is 36.8 Å². The molecule has 12 heteroatoms. The maximum Gasteiger partial charge on any atom is 0.430 e. The number of alkyl halides is 6. The first kappa shape index (κ1) is 23.9. The van der Waals surface area contributed by atoms with Crippen molar-refractivity contribution in [2.45, 2.75) is 37.2 Å². The predicted octanol–water partition coefficient (Wildman–Crippen LogP) is 5.85. The summed E-state index contributed by atoms with van der Waals surface area (Å²) in [5, 5.41) is 7.83. The fourth-order valence-electron chi connectivity index (χ4n) is 3.78. The van der Waals surface area contributed by atoms with Crippen LogP contribution in [0.15, 0.2) is 53.7 Å². The number of piperidine rings is 1. The zero-order valence-corrected chi connectivity index (χ0v) is 17.5. The zero-order chi connectivity index (χ0) is 24.6. The number of rotatable bonds is 3. The lowest BCUT2D eigenvalue weighted by Gasteiger charge is -2.35. The molecule has 0 saturated carbocycles. The van der Waals surface area contributed by atoms with Gasteiger partial charge in [0.2, 0.25) is 0 Å². The van der Waals surface area contributed by atoms with Crippen molar-refractivity contribution in [1.82, 2.24) is 5.06 Å². The number of nitrogens with one attached hydrogen (secondary N) is 1. The lowest BCUT2D eigenvalue weighted by Crippen LogP contribution is -2.45. The first-order valence-corrected chi connectivity index (χ1v) is 10.3. The van der Waals surface area contributed by atoms with Crippen molar-refractivity contribution in [3.05, 3.63) is 65.2 Å². The van der Waals surface area contributed by atoms with Gasteiger partial charge in [0, 0.05) is 38.0 Å². The standard InChI is InChI=1S/C22H19F6N3O3/c23-21(24,25)15-3-1-14(2-4-15)18-13-20(34-30-18)9-11-31(12-10-20)33-19(32)29-17-7-5-16(6-8-17)22(26,27)28/h1-8H,9-13H2,(H,29,32). The lowest BCUT2D eigenvalue weighted by molar-refractivity contribution is -0.154. The van der Waals surface area contributed by atoms with Crippen molar-refractivity contribution in [2.75, 3.05) is 18.4 Å². The SMILES string of the molecule is O=C(Nc1ccc(C(F)(F)F)cc1)ON1CCC2(CC1)CC(c1ccc(C(F)(F)F)cc1)=NO2. The molecule has 2 heterocycles. The van der Waals surface area contributed by atoms with Crippen LogP contribution in [0.2, 0.25) is 0 Å². The van der Waals surface area contributed by atoms with Gasteiger partial charge in [0.05, 0.1) is 16.8 Å². The van der Waals surface area contributed by atoms with E-state index in [2.05, 4.69) is 10.5 Å². The minimum Gasteiger partial charge on any atom is -0.388 e. The first-order valence-electron chi connectivity index (χ1n) is 10.3. The molecule has 2 aliphatic rings. The van der Waals surface area contributed by atoms with Gasteiger partial charge < -0.3 is 9.68 Å². The van der Waals surface area contributed by atoms with Gasteiger partial charge >= 0.3 is 18.4 Å². The van der Waals surface area contributed by atoms with E-state index in [0.29, 0.717) is 43.6 Å². The van der Waals surface area contributed by atoms with E-state index in [1.165, 1.54) is 17.2 Å². The van der Waals surface area contributed by atoms with Gasteiger partial charge in [0.1, 0.15) is 5.60 Å².